The fourth-order valence-corrected chi connectivity index (χ4v) is 7.78. The van der Waals surface area contributed by atoms with Crippen molar-refractivity contribution in [3.05, 3.63) is 137 Å². The maximum Gasteiger partial charge on any atom is 0.185 e. The second-order valence-corrected chi connectivity index (χ2v) is 11.6. The van der Waals surface area contributed by atoms with Crippen LogP contribution in [0, 0.1) is 5.41 Å². The number of aromatic nitrogens is 1. The number of hydrogen-bond donors (Lipinski definition) is 0. The molecule has 0 saturated carbocycles. The summed E-state index contributed by atoms with van der Waals surface area (Å²) < 4.78 is 11.4. The van der Waals surface area contributed by atoms with Gasteiger partial charge in [0, 0.05) is 45.8 Å². The van der Waals surface area contributed by atoms with E-state index in [1.54, 1.807) is 68.9 Å². The van der Waals surface area contributed by atoms with Crippen LogP contribution in [0.15, 0.2) is 109 Å². The van der Waals surface area contributed by atoms with E-state index in [4.69, 9.17) is 14.5 Å². The average Bonchev–Trinajstić information content (AvgIpc) is 3.53. The lowest BCUT2D eigenvalue weighted by atomic mass is 9.64. The molecule has 3 heterocycles. The van der Waals surface area contributed by atoms with Gasteiger partial charge in [-0.3, -0.25) is 19.4 Å². The van der Waals surface area contributed by atoms with Gasteiger partial charge in [0.25, 0.3) is 0 Å². The van der Waals surface area contributed by atoms with E-state index in [0.29, 0.717) is 39.3 Å². The summed E-state index contributed by atoms with van der Waals surface area (Å²) in [6.45, 7) is 0. The topological polar surface area (TPSA) is 85.8 Å². The molecule has 1 fully saturated rings. The molecule has 8 rings (SSSR count). The molecule has 2 aliphatic heterocycles. The van der Waals surface area contributed by atoms with Crippen LogP contribution < -0.4 is 14.4 Å². The molecule has 0 radical (unpaired) electrons. The molecule has 1 aliphatic carbocycles. The summed E-state index contributed by atoms with van der Waals surface area (Å²) >= 11 is 0. The minimum atomic E-state index is -1.66. The Morgan fingerprint density at radius 3 is 2.27 bits per heavy atom. The van der Waals surface area contributed by atoms with Crippen LogP contribution >= 0.6 is 0 Å². The normalized spacial score (nSPS) is 20.7. The highest BCUT2D eigenvalue weighted by molar-refractivity contribution is 6.32. The van der Waals surface area contributed by atoms with Crippen molar-refractivity contribution in [2.45, 2.75) is 18.0 Å². The minimum absolute atomic E-state index is 0.203. The zero-order valence-corrected chi connectivity index (χ0v) is 24.6. The number of pyridine rings is 1. The maximum atomic E-state index is 15.0. The lowest BCUT2D eigenvalue weighted by Gasteiger charge is -2.37. The fourth-order valence-electron chi connectivity index (χ4n) is 7.78. The third-order valence-corrected chi connectivity index (χ3v) is 9.64. The van der Waals surface area contributed by atoms with Gasteiger partial charge in [-0.25, -0.2) is 0 Å². The number of ketones is 3. The first-order valence-electron chi connectivity index (χ1n) is 14.8. The van der Waals surface area contributed by atoms with Gasteiger partial charge < -0.3 is 14.4 Å². The van der Waals surface area contributed by atoms with E-state index in [9.17, 15) is 9.59 Å². The van der Waals surface area contributed by atoms with Crippen molar-refractivity contribution in [1.29, 1.82) is 0 Å². The zero-order valence-electron chi connectivity index (χ0n) is 24.6. The Balaban J connectivity index is 1.50. The highest BCUT2D eigenvalue weighted by atomic mass is 16.5. The van der Waals surface area contributed by atoms with E-state index < -0.39 is 23.4 Å². The Morgan fingerprint density at radius 2 is 1.56 bits per heavy atom. The van der Waals surface area contributed by atoms with Crippen LogP contribution in [0.2, 0.25) is 0 Å². The number of rotatable bonds is 5. The van der Waals surface area contributed by atoms with E-state index in [2.05, 4.69) is 0 Å². The smallest absolute Gasteiger partial charge is 0.185 e. The summed E-state index contributed by atoms with van der Waals surface area (Å²) in [7, 11) is 3.11. The van der Waals surface area contributed by atoms with Crippen molar-refractivity contribution in [2.75, 3.05) is 19.1 Å². The summed E-state index contributed by atoms with van der Waals surface area (Å²) in [5, 5.41) is 0.892. The van der Waals surface area contributed by atoms with Crippen LogP contribution in [0.3, 0.4) is 0 Å². The lowest BCUT2D eigenvalue weighted by Crippen LogP contribution is -2.48. The number of fused-ring (bicyclic) bond motifs is 7. The van der Waals surface area contributed by atoms with Crippen LogP contribution in [0.25, 0.3) is 17.0 Å². The molecule has 1 saturated heterocycles. The third kappa shape index (κ3) is 3.58. The molecule has 7 heteroatoms. The van der Waals surface area contributed by atoms with Crippen molar-refractivity contribution in [2.24, 2.45) is 5.41 Å². The number of carbonyl (C=O) groups excluding carboxylic acids is 3. The van der Waals surface area contributed by atoms with E-state index in [1.807, 2.05) is 65.6 Å². The molecule has 4 aromatic carbocycles. The van der Waals surface area contributed by atoms with E-state index in [1.165, 1.54) is 0 Å². The van der Waals surface area contributed by atoms with Gasteiger partial charge in [0.05, 0.1) is 31.5 Å². The van der Waals surface area contributed by atoms with Gasteiger partial charge >= 0.3 is 0 Å². The summed E-state index contributed by atoms with van der Waals surface area (Å²) in [5.41, 5.74) is 2.41. The molecule has 220 valence electrons. The number of methoxy groups -OCH3 is 2. The Bertz CT molecular complexity index is 2050. The van der Waals surface area contributed by atoms with Crippen LogP contribution in [0.1, 0.15) is 48.1 Å². The molecule has 0 N–H and O–H groups in total. The molecule has 7 nitrogen and oxygen atoms in total. The molecule has 0 unspecified atom stereocenters. The van der Waals surface area contributed by atoms with Crippen molar-refractivity contribution >= 4 is 40.0 Å². The summed E-state index contributed by atoms with van der Waals surface area (Å²) in [4.78, 5) is 51.8. The highest BCUT2D eigenvalue weighted by Crippen LogP contribution is 2.62. The van der Waals surface area contributed by atoms with Crippen LogP contribution in [-0.4, -0.2) is 48.6 Å². The van der Waals surface area contributed by atoms with Crippen molar-refractivity contribution < 1.29 is 23.9 Å². The summed E-state index contributed by atoms with van der Waals surface area (Å²) in [5.74, 6) is -0.735. The Hall–Kier alpha value is -5.56. The van der Waals surface area contributed by atoms with Gasteiger partial charge in [-0.05, 0) is 17.7 Å². The molecule has 45 heavy (non-hydrogen) atoms. The molecule has 0 amide bonds. The molecule has 1 aromatic heterocycles. The average molecular weight is 593 g/mol. The minimum Gasteiger partial charge on any atom is -0.497 e. The van der Waals surface area contributed by atoms with Crippen molar-refractivity contribution in [3.63, 3.8) is 0 Å². The zero-order chi connectivity index (χ0) is 30.9. The molecular weight excluding hydrogens is 564 g/mol. The first kappa shape index (κ1) is 27.0. The molecule has 5 aromatic rings. The quantitative estimate of drug-likeness (QED) is 0.169. The van der Waals surface area contributed by atoms with Gasteiger partial charge in [-0.15, -0.1) is 0 Å². The van der Waals surface area contributed by atoms with E-state index in [0.717, 1.165) is 16.6 Å². The Morgan fingerprint density at radius 1 is 0.822 bits per heavy atom. The lowest BCUT2D eigenvalue weighted by molar-refractivity contribution is 0.0665. The van der Waals surface area contributed by atoms with E-state index in [-0.39, 0.29) is 17.3 Å². The van der Waals surface area contributed by atoms with Gasteiger partial charge in [-0.1, -0.05) is 91.0 Å². The van der Waals surface area contributed by atoms with Gasteiger partial charge in [0.15, 0.2) is 17.3 Å². The fraction of sp³-hybridized carbons (Fsp3) is 0.158. The predicted octanol–water partition coefficient (Wildman–Crippen LogP) is 6.57. The number of benzene rings is 4. The molecule has 1 spiro atoms. The number of hydrogen-bond acceptors (Lipinski definition) is 7. The maximum absolute atomic E-state index is 15.0. The van der Waals surface area contributed by atoms with Gasteiger partial charge in [0.2, 0.25) is 0 Å². The molecule has 0 bridgehead atoms. The van der Waals surface area contributed by atoms with Crippen LogP contribution in [0.4, 0.5) is 5.69 Å². The van der Waals surface area contributed by atoms with Crippen LogP contribution in [0.5, 0.6) is 11.5 Å². The number of anilines is 1. The number of nitrogens with zero attached hydrogens (tertiary/aromatic N) is 2. The van der Waals surface area contributed by atoms with Crippen molar-refractivity contribution in [3.8, 4) is 11.5 Å². The number of ether oxygens (including phenoxy) is 2. The summed E-state index contributed by atoms with van der Waals surface area (Å²) in [6, 6.07) is 27.5. The number of Topliss-reactive ketones (excluding diaryl/α,β-unsaturated/α-hetero) is 3. The monoisotopic (exact) mass is 592 g/mol. The Kier molecular flexibility index (Phi) is 6.00. The highest BCUT2D eigenvalue weighted by Gasteiger charge is 2.72. The molecule has 3 atom stereocenters. The summed E-state index contributed by atoms with van der Waals surface area (Å²) in [6.07, 6.45) is 5.59. The molecular formula is C38H28N2O5. The first-order valence-corrected chi connectivity index (χ1v) is 14.8. The van der Waals surface area contributed by atoms with Crippen LogP contribution in [-0.2, 0) is 0 Å². The van der Waals surface area contributed by atoms with E-state index >= 15 is 4.79 Å². The molecule has 3 aliphatic rings. The van der Waals surface area contributed by atoms with Gasteiger partial charge in [0.1, 0.15) is 23.0 Å². The first-order chi connectivity index (χ1) is 22.0. The second kappa shape index (κ2) is 9.99. The SMILES string of the molecule is COc1ccc([C@H]2[C@H](C(=O)c3ccccc3)N3c4c(ccc5cccnc45)C=C[C@H]3C23C(=O)c2ccccc2C3=O)c(OC)c1. The second-order valence-electron chi connectivity index (χ2n) is 11.6. The Labute approximate surface area is 259 Å². The standard InChI is InChI=1S/C38H28N2O5/c1-44-25-17-18-28(29(21-25)45-2)31-34(35(41)24-9-4-3-5-10-24)40-30(38(31)36(42)26-12-6-7-13-27(26)37(38)43)19-16-23-15-14-22-11-8-20-39-32(22)33(23)40/h3-21,30-31,34H,1-2H3/t30-,31-,34+/m0/s1. The van der Waals surface area contributed by atoms with Crippen molar-refractivity contribution in [1.82, 2.24) is 4.98 Å². The number of carbonyl (C=O) groups is 3. The third-order valence-electron chi connectivity index (χ3n) is 9.64. The van der Waals surface area contributed by atoms with Gasteiger partial charge in [-0.2, -0.15) is 0 Å². The largest absolute Gasteiger partial charge is 0.497 e. The predicted molar refractivity (Wildman–Crippen MR) is 171 cm³/mol.